The number of nitrogens with zero attached hydrogens (tertiary/aromatic N) is 1. The number of amides is 1. The first-order chi connectivity index (χ1) is 16.8. The Morgan fingerprint density at radius 3 is 2.03 bits per heavy atom. The lowest BCUT2D eigenvalue weighted by Gasteiger charge is -2.22. The van der Waals surface area contributed by atoms with Crippen LogP contribution in [0, 0.1) is 0 Å². The van der Waals surface area contributed by atoms with Crippen molar-refractivity contribution in [1.82, 2.24) is 0 Å². The monoisotopic (exact) mass is 506 g/mol. The molecule has 3 aromatic carbocycles. The molecule has 3 aromatic rings. The predicted octanol–water partition coefficient (Wildman–Crippen LogP) is 4.82. The van der Waals surface area contributed by atoms with Crippen molar-refractivity contribution in [3.05, 3.63) is 95.1 Å². The lowest BCUT2D eigenvalue weighted by Crippen LogP contribution is -2.37. The van der Waals surface area contributed by atoms with Gasteiger partial charge in [-0.2, -0.15) is 0 Å². The van der Waals surface area contributed by atoms with E-state index in [1.807, 2.05) is 12.1 Å². The standard InChI is InChI=1S/C28H30N2O5S/c1-19(31)21-8-7-11-25(17-21)30(36(5,34)35)18-26(32)29-24-10-6-9-22(16-24)27(33)20-12-14-23(15-13-20)28(2,3)4/h6-17H,18H2,1-5H3,(H,29,32). The quantitative estimate of drug-likeness (QED) is 0.442. The van der Waals surface area contributed by atoms with Gasteiger partial charge in [0.2, 0.25) is 15.9 Å². The fourth-order valence-corrected chi connectivity index (χ4v) is 4.49. The van der Waals surface area contributed by atoms with Crippen molar-refractivity contribution in [2.75, 3.05) is 22.4 Å². The molecular formula is C28H30N2O5S. The average Bonchev–Trinajstić information content (AvgIpc) is 2.81. The van der Waals surface area contributed by atoms with E-state index in [2.05, 4.69) is 26.1 Å². The molecular weight excluding hydrogens is 476 g/mol. The molecule has 0 aliphatic heterocycles. The van der Waals surface area contributed by atoms with Gasteiger partial charge in [-0.3, -0.25) is 18.7 Å². The van der Waals surface area contributed by atoms with E-state index in [1.165, 1.54) is 19.1 Å². The van der Waals surface area contributed by atoms with E-state index in [0.717, 1.165) is 16.1 Å². The zero-order chi connectivity index (χ0) is 26.7. The van der Waals surface area contributed by atoms with Gasteiger partial charge >= 0.3 is 0 Å². The third-order valence-corrected chi connectivity index (χ3v) is 6.79. The van der Waals surface area contributed by atoms with Gasteiger partial charge in [0.05, 0.1) is 11.9 Å². The van der Waals surface area contributed by atoms with E-state index in [4.69, 9.17) is 0 Å². The Labute approximate surface area is 212 Å². The third kappa shape index (κ3) is 6.66. The summed E-state index contributed by atoms with van der Waals surface area (Å²) >= 11 is 0. The molecule has 0 atom stereocenters. The molecule has 0 aromatic heterocycles. The molecule has 0 fully saturated rings. The van der Waals surface area contributed by atoms with Crippen LogP contribution in [0.2, 0.25) is 0 Å². The topological polar surface area (TPSA) is 101 Å². The zero-order valence-corrected chi connectivity index (χ0v) is 21.8. The van der Waals surface area contributed by atoms with E-state index in [-0.39, 0.29) is 22.7 Å². The van der Waals surface area contributed by atoms with Crippen molar-refractivity contribution in [2.24, 2.45) is 0 Å². The number of carbonyl (C=O) groups is 3. The van der Waals surface area contributed by atoms with Gasteiger partial charge in [0.1, 0.15) is 6.54 Å². The molecule has 0 aliphatic carbocycles. The van der Waals surface area contributed by atoms with Crippen LogP contribution in [0.5, 0.6) is 0 Å². The van der Waals surface area contributed by atoms with Crippen LogP contribution in [0.3, 0.4) is 0 Å². The maximum absolute atomic E-state index is 13.0. The van der Waals surface area contributed by atoms with Crippen LogP contribution in [-0.4, -0.2) is 38.7 Å². The van der Waals surface area contributed by atoms with E-state index in [0.29, 0.717) is 22.4 Å². The summed E-state index contributed by atoms with van der Waals surface area (Å²) in [7, 11) is -3.81. The van der Waals surface area contributed by atoms with Crippen LogP contribution in [-0.2, 0) is 20.2 Å². The molecule has 3 rings (SSSR count). The van der Waals surface area contributed by atoms with Gasteiger partial charge < -0.3 is 5.32 Å². The van der Waals surface area contributed by atoms with Gasteiger partial charge in [-0.25, -0.2) is 8.42 Å². The van der Waals surface area contributed by atoms with Gasteiger partial charge in [0.15, 0.2) is 11.6 Å². The Morgan fingerprint density at radius 2 is 1.44 bits per heavy atom. The molecule has 0 saturated carbocycles. The van der Waals surface area contributed by atoms with Crippen LogP contribution in [0.15, 0.2) is 72.8 Å². The molecule has 7 nitrogen and oxygen atoms in total. The smallest absolute Gasteiger partial charge is 0.245 e. The molecule has 0 bridgehead atoms. The van der Waals surface area contributed by atoms with Crippen molar-refractivity contribution in [3.63, 3.8) is 0 Å². The Balaban J connectivity index is 1.78. The summed E-state index contributed by atoms with van der Waals surface area (Å²) in [6, 6.07) is 20.0. The van der Waals surface area contributed by atoms with Gasteiger partial charge in [-0.15, -0.1) is 0 Å². The molecule has 0 saturated heterocycles. The van der Waals surface area contributed by atoms with Crippen LogP contribution in [0.25, 0.3) is 0 Å². The van der Waals surface area contributed by atoms with Gasteiger partial charge in [0, 0.05) is 22.4 Å². The number of sulfonamides is 1. The highest BCUT2D eigenvalue weighted by Crippen LogP contribution is 2.24. The van der Waals surface area contributed by atoms with Crippen molar-refractivity contribution in [2.45, 2.75) is 33.1 Å². The molecule has 0 unspecified atom stereocenters. The Morgan fingerprint density at radius 1 is 0.833 bits per heavy atom. The molecule has 188 valence electrons. The van der Waals surface area contributed by atoms with Gasteiger partial charge in [-0.05, 0) is 42.2 Å². The number of carbonyl (C=O) groups excluding carboxylic acids is 3. The number of hydrogen-bond donors (Lipinski definition) is 1. The minimum atomic E-state index is -3.81. The van der Waals surface area contributed by atoms with Crippen LogP contribution < -0.4 is 9.62 Å². The van der Waals surface area contributed by atoms with Gasteiger partial charge in [0.25, 0.3) is 0 Å². The second-order valence-electron chi connectivity index (χ2n) is 9.66. The maximum Gasteiger partial charge on any atom is 0.245 e. The van der Waals surface area contributed by atoms with E-state index in [9.17, 15) is 22.8 Å². The normalized spacial score (nSPS) is 11.6. The summed E-state index contributed by atoms with van der Waals surface area (Å²) in [4.78, 5) is 37.5. The summed E-state index contributed by atoms with van der Waals surface area (Å²) in [5, 5.41) is 2.66. The van der Waals surface area contributed by atoms with Crippen molar-refractivity contribution in [3.8, 4) is 0 Å². The first-order valence-electron chi connectivity index (χ1n) is 11.4. The molecule has 8 heteroatoms. The Bertz CT molecular complexity index is 1400. The molecule has 0 heterocycles. The average molecular weight is 507 g/mol. The summed E-state index contributed by atoms with van der Waals surface area (Å²) in [5.41, 5.74) is 2.92. The molecule has 0 radical (unpaired) electrons. The van der Waals surface area contributed by atoms with E-state index in [1.54, 1.807) is 48.5 Å². The first kappa shape index (κ1) is 26.8. The largest absolute Gasteiger partial charge is 0.324 e. The SMILES string of the molecule is CC(=O)c1cccc(N(CC(=O)Nc2cccc(C(=O)c3ccc(C(C)(C)C)cc3)c2)S(C)(=O)=O)c1. The van der Waals surface area contributed by atoms with Crippen LogP contribution in [0.1, 0.15) is 59.5 Å². The number of anilines is 2. The third-order valence-electron chi connectivity index (χ3n) is 5.65. The Kier molecular flexibility index (Phi) is 7.79. The summed E-state index contributed by atoms with van der Waals surface area (Å²) in [6.07, 6.45) is 0.991. The fraction of sp³-hybridized carbons (Fsp3) is 0.250. The zero-order valence-electron chi connectivity index (χ0n) is 21.0. The number of nitrogens with one attached hydrogen (secondary N) is 1. The molecule has 1 amide bonds. The number of Topliss-reactive ketones (excluding diaryl/α,β-unsaturated/α-hetero) is 1. The lowest BCUT2D eigenvalue weighted by molar-refractivity contribution is -0.114. The second kappa shape index (κ2) is 10.5. The second-order valence-corrected chi connectivity index (χ2v) is 11.6. The summed E-state index contributed by atoms with van der Waals surface area (Å²) < 4.78 is 25.7. The number of hydrogen-bond acceptors (Lipinski definition) is 5. The van der Waals surface area contributed by atoms with E-state index < -0.39 is 22.5 Å². The molecule has 1 N–H and O–H groups in total. The minimum Gasteiger partial charge on any atom is -0.324 e. The summed E-state index contributed by atoms with van der Waals surface area (Å²) in [6.45, 7) is 7.18. The highest BCUT2D eigenvalue weighted by molar-refractivity contribution is 7.92. The van der Waals surface area contributed by atoms with Gasteiger partial charge in [-0.1, -0.05) is 69.3 Å². The van der Waals surface area contributed by atoms with Crippen molar-refractivity contribution < 1.29 is 22.8 Å². The summed E-state index contributed by atoms with van der Waals surface area (Å²) in [5.74, 6) is -0.998. The van der Waals surface area contributed by atoms with Crippen molar-refractivity contribution >= 4 is 38.9 Å². The number of rotatable bonds is 8. The first-order valence-corrected chi connectivity index (χ1v) is 13.2. The lowest BCUT2D eigenvalue weighted by atomic mass is 9.86. The fourth-order valence-electron chi connectivity index (χ4n) is 3.64. The highest BCUT2D eigenvalue weighted by Gasteiger charge is 2.22. The van der Waals surface area contributed by atoms with Crippen LogP contribution >= 0.6 is 0 Å². The molecule has 0 aliphatic rings. The highest BCUT2D eigenvalue weighted by atomic mass is 32.2. The molecule has 0 spiro atoms. The number of benzene rings is 3. The maximum atomic E-state index is 13.0. The van der Waals surface area contributed by atoms with Crippen LogP contribution in [0.4, 0.5) is 11.4 Å². The predicted molar refractivity (Wildman–Crippen MR) is 142 cm³/mol. The minimum absolute atomic E-state index is 0.0288. The Hall–Kier alpha value is -3.78. The molecule has 36 heavy (non-hydrogen) atoms. The van der Waals surface area contributed by atoms with Crippen molar-refractivity contribution in [1.29, 1.82) is 0 Å². The van der Waals surface area contributed by atoms with E-state index >= 15 is 0 Å². The number of ketones is 2.